The number of halogens is 4. The zero-order chi connectivity index (χ0) is 21.3. The molecule has 2 aromatic carbocycles. The van der Waals surface area contributed by atoms with Gasteiger partial charge in [0.05, 0.1) is 17.0 Å². The molecule has 0 spiro atoms. The number of aromatic nitrogens is 3. The molecule has 0 aliphatic carbocycles. The van der Waals surface area contributed by atoms with Crippen molar-refractivity contribution in [3.05, 3.63) is 59.9 Å². The molecule has 0 bridgehead atoms. The van der Waals surface area contributed by atoms with Gasteiger partial charge in [0.2, 0.25) is 11.9 Å². The number of fused-ring (bicyclic) bond motifs is 1. The molecule has 0 radical (unpaired) electrons. The third kappa shape index (κ3) is 4.11. The quantitative estimate of drug-likeness (QED) is 0.476. The average molecular weight is 437 g/mol. The second-order valence-electron chi connectivity index (χ2n) is 6.44. The molecule has 2 heterocycles. The Morgan fingerprint density at radius 1 is 1.07 bits per heavy atom. The highest BCUT2D eigenvalue weighted by atomic mass is 32.2. The highest BCUT2D eigenvalue weighted by Crippen LogP contribution is 2.35. The van der Waals surface area contributed by atoms with E-state index in [2.05, 4.69) is 15.5 Å². The summed E-state index contributed by atoms with van der Waals surface area (Å²) in [6.07, 6.45) is -4.56. The van der Waals surface area contributed by atoms with Crippen molar-refractivity contribution >= 4 is 35.0 Å². The summed E-state index contributed by atoms with van der Waals surface area (Å²) < 4.78 is 54.1. The summed E-state index contributed by atoms with van der Waals surface area (Å²) in [6, 6.07) is 10.8. The van der Waals surface area contributed by atoms with E-state index in [0.29, 0.717) is 24.2 Å². The number of carbonyl (C=O) groups excluding carboxylic acids is 1. The molecule has 0 atom stereocenters. The second kappa shape index (κ2) is 7.98. The number of nitrogens with one attached hydrogen (secondary N) is 1. The van der Waals surface area contributed by atoms with E-state index in [-0.39, 0.29) is 17.3 Å². The second-order valence-corrected chi connectivity index (χ2v) is 7.38. The molecule has 6 nitrogen and oxygen atoms in total. The maximum absolute atomic E-state index is 13.1. The van der Waals surface area contributed by atoms with Gasteiger partial charge in [-0.3, -0.25) is 9.36 Å². The Bertz CT molecular complexity index is 1070. The van der Waals surface area contributed by atoms with Crippen LogP contribution in [0, 0.1) is 5.82 Å². The standard InChI is InChI=1S/C19H15F4N5OS/c20-12-5-7-13(8-6-12)27-9-10-28-17(27)25-26-18(28)30-11-16(29)24-15-4-2-1-3-14(15)19(21,22)23/h1-8H,9-11H2,(H,24,29). The molecular weight excluding hydrogens is 422 g/mol. The van der Waals surface area contributed by atoms with E-state index in [9.17, 15) is 22.4 Å². The van der Waals surface area contributed by atoms with Crippen LogP contribution in [0.25, 0.3) is 0 Å². The van der Waals surface area contributed by atoms with E-state index >= 15 is 0 Å². The Labute approximate surface area is 172 Å². The number of amides is 1. The number of carbonyl (C=O) groups is 1. The van der Waals surface area contributed by atoms with E-state index in [4.69, 9.17) is 0 Å². The maximum atomic E-state index is 13.1. The van der Waals surface area contributed by atoms with Gasteiger partial charge in [0.15, 0.2) is 5.16 Å². The fourth-order valence-electron chi connectivity index (χ4n) is 3.10. The molecule has 3 aromatic rings. The van der Waals surface area contributed by atoms with Crippen molar-refractivity contribution in [1.29, 1.82) is 0 Å². The number of hydrogen-bond donors (Lipinski definition) is 1. The number of anilines is 3. The van der Waals surface area contributed by atoms with Crippen molar-refractivity contribution in [3.8, 4) is 0 Å². The van der Waals surface area contributed by atoms with E-state index in [1.165, 1.54) is 30.3 Å². The van der Waals surface area contributed by atoms with Crippen LogP contribution in [0.3, 0.4) is 0 Å². The molecule has 1 aliphatic rings. The third-order valence-electron chi connectivity index (χ3n) is 4.46. The minimum absolute atomic E-state index is 0.124. The summed E-state index contributed by atoms with van der Waals surface area (Å²) in [7, 11) is 0. The SMILES string of the molecule is O=C(CSc1nnc2n1CCN2c1ccc(F)cc1)Nc1ccccc1C(F)(F)F. The van der Waals surface area contributed by atoms with Crippen molar-refractivity contribution in [2.24, 2.45) is 0 Å². The molecule has 1 amide bonds. The third-order valence-corrected chi connectivity index (χ3v) is 5.43. The Balaban J connectivity index is 1.42. The van der Waals surface area contributed by atoms with Crippen LogP contribution in [0.15, 0.2) is 53.7 Å². The fraction of sp³-hybridized carbons (Fsp3) is 0.211. The normalized spacial score (nSPS) is 13.4. The van der Waals surface area contributed by atoms with Crippen molar-refractivity contribution in [2.45, 2.75) is 17.9 Å². The van der Waals surface area contributed by atoms with Crippen LogP contribution in [0.1, 0.15) is 5.56 Å². The summed E-state index contributed by atoms with van der Waals surface area (Å²) in [5, 5.41) is 11.0. The Hall–Kier alpha value is -3.08. The zero-order valence-corrected chi connectivity index (χ0v) is 16.2. The molecule has 1 aromatic heterocycles. The molecule has 0 unspecified atom stereocenters. The van der Waals surface area contributed by atoms with Crippen LogP contribution in [-0.4, -0.2) is 33.0 Å². The summed E-state index contributed by atoms with van der Waals surface area (Å²) in [4.78, 5) is 14.1. The minimum atomic E-state index is -4.56. The number of nitrogens with zero attached hydrogens (tertiary/aromatic N) is 4. The number of thioether (sulfide) groups is 1. The summed E-state index contributed by atoms with van der Waals surface area (Å²) in [5.41, 5.74) is -0.424. The van der Waals surface area contributed by atoms with Gasteiger partial charge in [0.1, 0.15) is 5.82 Å². The number of alkyl halides is 3. The van der Waals surface area contributed by atoms with Crippen LogP contribution in [0.5, 0.6) is 0 Å². The van der Waals surface area contributed by atoms with Gasteiger partial charge in [-0.05, 0) is 36.4 Å². The zero-order valence-electron chi connectivity index (χ0n) is 15.4. The van der Waals surface area contributed by atoms with Crippen molar-refractivity contribution in [2.75, 3.05) is 22.5 Å². The highest BCUT2D eigenvalue weighted by Gasteiger charge is 2.33. The van der Waals surface area contributed by atoms with E-state index in [1.807, 2.05) is 9.47 Å². The molecule has 1 N–H and O–H groups in total. The largest absolute Gasteiger partial charge is 0.418 e. The van der Waals surface area contributed by atoms with Crippen LogP contribution >= 0.6 is 11.8 Å². The first-order valence-corrected chi connectivity index (χ1v) is 9.86. The number of rotatable bonds is 5. The fourth-order valence-corrected chi connectivity index (χ4v) is 3.86. The van der Waals surface area contributed by atoms with Gasteiger partial charge < -0.3 is 10.2 Å². The van der Waals surface area contributed by atoms with Gasteiger partial charge in [0, 0.05) is 18.8 Å². The van der Waals surface area contributed by atoms with Gasteiger partial charge >= 0.3 is 6.18 Å². The van der Waals surface area contributed by atoms with Gasteiger partial charge in [-0.2, -0.15) is 13.2 Å². The highest BCUT2D eigenvalue weighted by molar-refractivity contribution is 7.99. The number of benzene rings is 2. The van der Waals surface area contributed by atoms with Gasteiger partial charge in [-0.1, -0.05) is 23.9 Å². The molecule has 4 rings (SSSR count). The molecule has 156 valence electrons. The molecular formula is C19H15F4N5OS. The lowest BCUT2D eigenvalue weighted by atomic mass is 10.1. The first-order chi connectivity index (χ1) is 14.3. The molecule has 30 heavy (non-hydrogen) atoms. The van der Waals surface area contributed by atoms with Crippen LogP contribution in [0.2, 0.25) is 0 Å². The summed E-state index contributed by atoms with van der Waals surface area (Å²) in [6.45, 7) is 1.18. The lowest BCUT2D eigenvalue weighted by molar-refractivity contribution is -0.137. The molecule has 0 saturated carbocycles. The average Bonchev–Trinajstić information content (AvgIpc) is 3.29. The lowest BCUT2D eigenvalue weighted by Crippen LogP contribution is -2.18. The van der Waals surface area contributed by atoms with E-state index in [0.717, 1.165) is 23.5 Å². The monoisotopic (exact) mass is 437 g/mol. The van der Waals surface area contributed by atoms with E-state index < -0.39 is 17.6 Å². The smallest absolute Gasteiger partial charge is 0.325 e. The van der Waals surface area contributed by atoms with Crippen LogP contribution in [0.4, 0.5) is 34.9 Å². The molecule has 11 heteroatoms. The number of para-hydroxylation sites is 1. The van der Waals surface area contributed by atoms with Crippen molar-refractivity contribution < 1.29 is 22.4 Å². The van der Waals surface area contributed by atoms with E-state index in [1.54, 1.807) is 12.1 Å². The molecule has 0 saturated heterocycles. The number of hydrogen-bond acceptors (Lipinski definition) is 5. The first-order valence-electron chi connectivity index (χ1n) is 8.88. The Morgan fingerprint density at radius 3 is 2.53 bits per heavy atom. The maximum Gasteiger partial charge on any atom is 0.418 e. The van der Waals surface area contributed by atoms with Gasteiger partial charge in [-0.15, -0.1) is 10.2 Å². The molecule has 0 fully saturated rings. The summed E-state index contributed by atoms with van der Waals surface area (Å²) >= 11 is 1.08. The lowest BCUT2D eigenvalue weighted by Gasteiger charge is -2.14. The Morgan fingerprint density at radius 2 is 1.80 bits per heavy atom. The van der Waals surface area contributed by atoms with Crippen LogP contribution < -0.4 is 10.2 Å². The van der Waals surface area contributed by atoms with Gasteiger partial charge in [0.25, 0.3) is 0 Å². The first kappa shape index (κ1) is 20.2. The Kier molecular flexibility index (Phi) is 5.37. The predicted octanol–water partition coefficient (Wildman–Crippen LogP) is 4.32. The topological polar surface area (TPSA) is 63.1 Å². The van der Waals surface area contributed by atoms with Crippen LogP contribution in [-0.2, 0) is 17.5 Å². The van der Waals surface area contributed by atoms with Gasteiger partial charge in [-0.25, -0.2) is 4.39 Å². The van der Waals surface area contributed by atoms with Crippen molar-refractivity contribution in [3.63, 3.8) is 0 Å². The molecule has 1 aliphatic heterocycles. The van der Waals surface area contributed by atoms with Crippen molar-refractivity contribution in [1.82, 2.24) is 14.8 Å². The minimum Gasteiger partial charge on any atom is -0.325 e. The predicted molar refractivity (Wildman–Crippen MR) is 104 cm³/mol. The summed E-state index contributed by atoms with van der Waals surface area (Å²) in [5.74, 6) is -0.482.